The molecule has 0 aromatic heterocycles. The van der Waals surface area contributed by atoms with E-state index in [1.165, 1.54) is 12.1 Å². The van der Waals surface area contributed by atoms with Crippen LogP contribution in [-0.4, -0.2) is 41.3 Å². The van der Waals surface area contributed by atoms with Gasteiger partial charge in [-0.1, -0.05) is 12.1 Å². The summed E-state index contributed by atoms with van der Waals surface area (Å²) in [5.74, 6) is -0.215. The molecule has 0 aliphatic rings. The van der Waals surface area contributed by atoms with Gasteiger partial charge in [0.05, 0.1) is 11.4 Å². The minimum atomic E-state index is -0.818. The van der Waals surface area contributed by atoms with Crippen molar-refractivity contribution in [1.82, 2.24) is 5.32 Å². The van der Waals surface area contributed by atoms with Crippen molar-refractivity contribution in [3.8, 4) is 11.5 Å². The lowest BCUT2D eigenvalue weighted by molar-refractivity contribution is -0.122. The predicted molar refractivity (Wildman–Crippen MR) is 121 cm³/mol. The molecular weight excluding hydrogens is 414 g/mol. The molecule has 0 bridgehead atoms. The topological polar surface area (TPSA) is 126 Å². The van der Waals surface area contributed by atoms with E-state index in [0.29, 0.717) is 17.1 Å². The molecule has 0 spiro atoms. The largest absolute Gasteiger partial charge is 0.508 e. The SMILES string of the molecule is CC(Oc1ccc(O)cc1)C(=O)Nc1ccccc1NC(=O)CCNC(=O)OC(C)(C)C. The number of para-hydroxylation sites is 2. The number of aromatic hydroxyl groups is 1. The number of carbonyl (C=O) groups is 3. The first kappa shape index (κ1) is 24.5. The maximum absolute atomic E-state index is 12.5. The first-order chi connectivity index (χ1) is 15.0. The summed E-state index contributed by atoms with van der Waals surface area (Å²) < 4.78 is 10.7. The first-order valence-corrected chi connectivity index (χ1v) is 10.2. The number of ether oxygens (including phenoxy) is 2. The number of anilines is 2. The van der Waals surface area contributed by atoms with Crippen LogP contribution >= 0.6 is 0 Å². The summed E-state index contributed by atoms with van der Waals surface area (Å²) in [5, 5.41) is 17.3. The molecule has 9 heteroatoms. The third-order valence-corrected chi connectivity index (χ3v) is 4.00. The molecule has 2 aromatic carbocycles. The van der Waals surface area contributed by atoms with Gasteiger partial charge in [0.25, 0.3) is 5.91 Å². The summed E-state index contributed by atoms with van der Waals surface area (Å²) in [6, 6.07) is 12.8. The monoisotopic (exact) mass is 443 g/mol. The lowest BCUT2D eigenvalue weighted by atomic mass is 10.2. The van der Waals surface area contributed by atoms with Gasteiger partial charge in [-0.3, -0.25) is 9.59 Å². The van der Waals surface area contributed by atoms with Gasteiger partial charge in [0.2, 0.25) is 5.91 Å². The van der Waals surface area contributed by atoms with Gasteiger partial charge < -0.3 is 30.5 Å². The van der Waals surface area contributed by atoms with Gasteiger partial charge in [0, 0.05) is 13.0 Å². The Bertz CT molecular complexity index is 937. The fourth-order valence-electron chi connectivity index (χ4n) is 2.52. The van der Waals surface area contributed by atoms with Crippen molar-refractivity contribution in [3.05, 3.63) is 48.5 Å². The van der Waals surface area contributed by atoms with Gasteiger partial charge in [0.1, 0.15) is 17.1 Å². The molecule has 9 nitrogen and oxygen atoms in total. The van der Waals surface area contributed by atoms with Crippen LogP contribution < -0.4 is 20.7 Å². The summed E-state index contributed by atoms with van der Waals surface area (Å²) in [6.45, 7) is 6.95. The van der Waals surface area contributed by atoms with Crippen LogP contribution in [0.2, 0.25) is 0 Å². The molecule has 1 unspecified atom stereocenters. The summed E-state index contributed by atoms with van der Waals surface area (Å²) >= 11 is 0. The number of nitrogens with one attached hydrogen (secondary N) is 3. The molecule has 0 radical (unpaired) electrons. The average Bonchev–Trinajstić information content (AvgIpc) is 2.69. The summed E-state index contributed by atoms with van der Waals surface area (Å²) in [6.07, 6.45) is -1.39. The van der Waals surface area contributed by atoms with Crippen LogP contribution in [0.5, 0.6) is 11.5 Å². The van der Waals surface area contributed by atoms with Gasteiger partial charge in [-0.05, 0) is 64.1 Å². The second-order valence-corrected chi connectivity index (χ2v) is 8.02. The molecule has 0 saturated heterocycles. The van der Waals surface area contributed by atoms with Crippen LogP contribution in [0.15, 0.2) is 48.5 Å². The Morgan fingerprint density at radius 1 is 0.969 bits per heavy atom. The van der Waals surface area contributed by atoms with Crippen LogP contribution in [0.4, 0.5) is 16.2 Å². The smallest absolute Gasteiger partial charge is 0.407 e. The van der Waals surface area contributed by atoms with Crippen molar-refractivity contribution in [2.24, 2.45) is 0 Å². The van der Waals surface area contributed by atoms with E-state index in [9.17, 15) is 19.5 Å². The summed E-state index contributed by atoms with van der Waals surface area (Å²) in [5.41, 5.74) is 0.208. The molecular formula is C23H29N3O6. The van der Waals surface area contributed by atoms with Crippen LogP contribution in [0.3, 0.4) is 0 Å². The van der Waals surface area contributed by atoms with E-state index in [1.54, 1.807) is 64.1 Å². The fourth-order valence-corrected chi connectivity index (χ4v) is 2.52. The summed E-state index contributed by atoms with van der Waals surface area (Å²) in [4.78, 5) is 36.4. The highest BCUT2D eigenvalue weighted by Crippen LogP contribution is 2.22. The molecule has 32 heavy (non-hydrogen) atoms. The Hall–Kier alpha value is -3.75. The molecule has 1 atom stereocenters. The van der Waals surface area contributed by atoms with Gasteiger partial charge in [0.15, 0.2) is 6.10 Å². The van der Waals surface area contributed by atoms with E-state index in [4.69, 9.17) is 9.47 Å². The van der Waals surface area contributed by atoms with Crippen molar-refractivity contribution in [2.75, 3.05) is 17.2 Å². The number of hydrogen-bond acceptors (Lipinski definition) is 6. The zero-order valence-electron chi connectivity index (χ0n) is 18.6. The Labute approximate surface area is 187 Å². The maximum atomic E-state index is 12.5. The Morgan fingerprint density at radius 3 is 2.16 bits per heavy atom. The van der Waals surface area contributed by atoms with Crippen LogP contribution in [0.1, 0.15) is 34.1 Å². The fraction of sp³-hybridized carbons (Fsp3) is 0.348. The number of carbonyl (C=O) groups excluding carboxylic acids is 3. The van der Waals surface area contributed by atoms with E-state index >= 15 is 0 Å². The second kappa shape index (κ2) is 11.0. The number of phenolic OH excluding ortho intramolecular Hbond substituents is 1. The van der Waals surface area contributed by atoms with Crippen molar-refractivity contribution < 1.29 is 29.0 Å². The number of amides is 3. The summed E-state index contributed by atoms with van der Waals surface area (Å²) in [7, 11) is 0. The molecule has 0 aliphatic carbocycles. The van der Waals surface area contributed by atoms with Gasteiger partial charge in [-0.15, -0.1) is 0 Å². The Morgan fingerprint density at radius 2 is 1.56 bits per heavy atom. The van der Waals surface area contributed by atoms with Crippen molar-refractivity contribution >= 4 is 29.3 Å². The highest BCUT2D eigenvalue weighted by atomic mass is 16.6. The van der Waals surface area contributed by atoms with Gasteiger partial charge in [-0.2, -0.15) is 0 Å². The average molecular weight is 444 g/mol. The molecule has 0 saturated carbocycles. The van der Waals surface area contributed by atoms with Crippen LogP contribution in [-0.2, 0) is 14.3 Å². The van der Waals surface area contributed by atoms with Crippen molar-refractivity contribution in [2.45, 2.75) is 45.8 Å². The van der Waals surface area contributed by atoms with Gasteiger partial charge in [-0.25, -0.2) is 4.79 Å². The predicted octanol–water partition coefficient (Wildman–Crippen LogP) is 3.65. The third kappa shape index (κ3) is 8.55. The lowest BCUT2D eigenvalue weighted by Gasteiger charge is -2.19. The number of hydrogen-bond donors (Lipinski definition) is 4. The normalized spacial score (nSPS) is 11.8. The molecule has 2 aromatic rings. The standard InChI is InChI=1S/C23H29N3O6/c1-15(31-17-11-9-16(27)10-12-17)21(29)26-19-8-6-5-7-18(19)25-20(28)13-14-24-22(30)32-23(2,3)4/h5-12,15,27H,13-14H2,1-4H3,(H,24,30)(H,25,28)(H,26,29). The Kier molecular flexibility index (Phi) is 8.46. The van der Waals surface area contributed by atoms with E-state index in [-0.39, 0.29) is 24.6 Å². The molecule has 0 fully saturated rings. The zero-order chi connectivity index (χ0) is 23.7. The van der Waals surface area contributed by atoms with E-state index in [0.717, 1.165) is 0 Å². The number of benzene rings is 2. The zero-order valence-corrected chi connectivity index (χ0v) is 18.6. The first-order valence-electron chi connectivity index (χ1n) is 10.2. The van der Waals surface area contributed by atoms with Crippen LogP contribution in [0.25, 0.3) is 0 Å². The van der Waals surface area contributed by atoms with Crippen molar-refractivity contribution in [3.63, 3.8) is 0 Å². The molecule has 0 heterocycles. The molecule has 0 aliphatic heterocycles. The lowest BCUT2D eigenvalue weighted by Crippen LogP contribution is -2.34. The van der Waals surface area contributed by atoms with E-state index in [2.05, 4.69) is 16.0 Å². The number of phenols is 1. The molecule has 3 amide bonds. The third-order valence-electron chi connectivity index (χ3n) is 4.00. The minimum absolute atomic E-state index is 0.0297. The minimum Gasteiger partial charge on any atom is -0.508 e. The highest BCUT2D eigenvalue weighted by molar-refractivity contribution is 6.01. The van der Waals surface area contributed by atoms with Crippen molar-refractivity contribution in [1.29, 1.82) is 0 Å². The van der Waals surface area contributed by atoms with E-state index < -0.39 is 23.7 Å². The molecule has 4 N–H and O–H groups in total. The quantitative estimate of drug-likeness (QED) is 0.493. The maximum Gasteiger partial charge on any atom is 0.407 e. The van der Waals surface area contributed by atoms with Crippen LogP contribution in [0, 0.1) is 0 Å². The van der Waals surface area contributed by atoms with Gasteiger partial charge >= 0.3 is 6.09 Å². The number of rotatable bonds is 8. The van der Waals surface area contributed by atoms with E-state index in [1.807, 2.05) is 0 Å². The highest BCUT2D eigenvalue weighted by Gasteiger charge is 2.18. The second-order valence-electron chi connectivity index (χ2n) is 8.02. The molecule has 172 valence electrons. The number of alkyl carbamates (subject to hydrolysis) is 1. The molecule has 2 rings (SSSR count). The Balaban J connectivity index is 1.88.